The molecular formula is C12H13NO2. The molecule has 2 fully saturated rings. The quantitative estimate of drug-likeness (QED) is 0.701. The molecular weight excluding hydrogens is 190 g/mol. The van der Waals surface area contributed by atoms with E-state index in [1.54, 1.807) is 0 Å². The molecule has 1 aromatic carbocycles. The Bertz CT molecular complexity index is 376. The number of amides is 1. The third-order valence-corrected chi connectivity index (χ3v) is 3.30. The summed E-state index contributed by atoms with van der Waals surface area (Å²) in [4.78, 5) is 13.4. The Hall–Kier alpha value is -1.51. The number of hydrogen-bond donors (Lipinski definition) is 0. The van der Waals surface area contributed by atoms with Crippen molar-refractivity contribution in [2.45, 2.75) is 24.9 Å². The highest BCUT2D eigenvalue weighted by atomic mass is 16.6. The zero-order valence-electron chi connectivity index (χ0n) is 8.43. The van der Waals surface area contributed by atoms with Crippen LogP contribution < -0.4 is 0 Å². The SMILES string of the molecule is O=C1OC[C@@H]2CC[C@H](c3ccccc3)N12. The van der Waals surface area contributed by atoms with E-state index in [9.17, 15) is 4.79 Å². The van der Waals surface area contributed by atoms with E-state index < -0.39 is 0 Å². The second kappa shape index (κ2) is 3.26. The van der Waals surface area contributed by atoms with Crippen LogP contribution in [0.4, 0.5) is 4.79 Å². The van der Waals surface area contributed by atoms with Crippen molar-refractivity contribution in [1.82, 2.24) is 4.90 Å². The Labute approximate surface area is 88.6 Å². The lowest BCUT2D eigenvalue weighted by atomic mass is 10.1. The average Bonchev–Trinajstić information content (AvgIpc) is 2.84. The van der Waals surface area contributed by atoms with Crippen molar-refractivity contribution in [3.63, 3.8) is 0 Å². The standard InChI is InChI=1S/C12H13NO2/c14-12-13-10(8-15-12)6-7-11(13)9-4-2-1-3-5-9/h1-5,10-11H,6-8H2/t10-,11+/m0/s1. The minimum absolute atomic E-state index is 0.147. The molecule has 0 saturated carbocycles. The van der Waals surface area contributed by atoms with Gasteiger partial charge in [0.2, 0.25) is 0 Å². The third kappa shape index (κ3) is 1.30. The van der Waals surface area contributed by atoms with Crippen molar-refractivity contribution < 1.29 is 9.53 Å². The van der Waals surface area contributed by atoms with Crippen molar-refractivity contribution in [2.75, 3.05) is 6.61 Å². The second-order valence-corrected chi connectivity index (χ2v) is 4.14. The van der Waals surface area contributed by atoms with Crippen molar-refractivity contribution in [2.24, 2.45) is 0 Å². The number of nitrogens with zero attached hydrogens (tertiary/aromatic N) is 1. The van der Waals surface area contributed by atoms with Crippen LogP contribution in [0.5, 0.6) is 0 Å². The van der Waals surface area contributed by atoms with Gasteiger partial charge in [-0.2, -0.15) is 0 Å². The summed E-state index contributed by atoms with van der Waals surface area (Å²) in [6.45, 7) is 0.572. The van der Waals surface area contributed by atoms with E-state index in [0.717, 1.165) is 12.8 Å². The second-order valence-electron chi connectivity index (χ2n) is 4.14. The van der Waals surface area contributed by atoms with Crippen LogP contribution in [0.25, 0.3) is 0 Å². The molecule has 0 aromatic heterocycles. The molecule has 0 unspecified atom stereocenters. The Morgan fingerprint density at radius 3 is 2.80 bits per heavy atom. The normalized spacial score (nSPS) is 29.1. The van der Waals surface area contributed by atoms with Crippen molar-refractivity contribution >= 4 is 6.09 Å². The molecule has 0 spiro atoms. The van der Waals surface area contributed by atoms with Crippen LogP contribution in [0.15, 0.2) is 30.3 Å². The first-order valence-electron chi connectivity index (χ1n) is 5.36. The Morgan fingerprint density at radius 2 is 2.00 bits per heavy atom. The minimum atomic E-state index is -0.147. The summed E-state index contributed by atoms with van der Waals surface area (Å²) in [6, 6.07) is 10.7. The number of carbonyl (C=O) groups is 1. The molecule has 2 saturated heterocycles. The molecule has 1 amide bonds. The number of benzene rings is 1. The van der Waals surface area contributed by atoms with Crippen molar-refractivity contribution in [3.05, 3.63) is 35.9 Å². The first-order chi connectivity index (χ1) is 7.36. The fourth-order valence-electron chi connectivity index (χ4n) is 2.57. The van der Waals surface area contributed by atoms with Gasteiger partial charge in [0.15, 0.2) is 0 Å². The van der Waals surface area contributed by atoms with Gasteiger partial charge < -0.3 is 4.74 Å². The van der Waals surface area contributed by atoms with Gasteiger partial charge in [0.25, 0.3) is 0 Å². The zero-order chi connectivity index (χ0) is 10.3. The van der Waals surface area contributed by atoms with Gasteiger partial charge in [-0.1, -0.05) is 30.3 Å². The van der Waals surface area contributed by atoms with Crippen LogP contribution >= 0.6 is 0 Å². The van der Waals surface area contributed by atoms with E-state index in [0.29, 0.717) is 12.6 Å². The highest BCUT2D eigenvalue weighted by molar-refractivity contribution is 5.71. The fraction of sp³-hybridized carbons (Fsp3) is 0.417. The van der Waals surface area contributed by atoms with Gasteiger partial charge in [-0.15, -0.1) is 0 Å². The Balaban J connectivity index is 1.92. The number of ether oxygens (including phenoxy) is 1. The molecule has 3 rings (SSSR count). The van der Waals surface area contributed by atoms with Gasteiger partial charge in [0.05, 0.1) is 12.1 Å². The van der Waals surface area contributed by atoms with Crippen molar-refractivity contribution in [1.29, 1.82) is 0 Å². The van der Waals surface area contributed by atoms with Gasteiger partial charge in [-0.3, -0.25) is 4.90 Å². The van der Waals surface area contributed by atoms with Crippen LogP contribution in [-0.2, 0) is 4.74 Å². The summed E-state index contributed by atoms with van der Waals surface area (Å²) >= 11 is 0. The molecule has 2 aliphatic heterocycles. The molecule has 15 heavy (non-hydrogen) atoms. The van der Waals surface area contributed by atoms with E-state index >= 15 is 0 Å². The topological polar surface area (TPSA) is 29.5 Å². The maximum Gasteiger partial charge on any atom is 0.410 e. The molecule has 2 heterocycles. The van der Waals surface area contributed by atoms with Gasteiger partial charge in [0, 0.05) is 0 Å². The number of cyclic esters (lactones) is 1. The maximum absolute atomic E-state index is 11.5. The lowest BCUT2D eigenvalue weighted by Crippen LogP contribution is -2.29. The summed E-state index contributed by atoms with van der Waals surface area (Å²) in [5, 5.41) is 0. The third-order valence-electron chi connectivity index (χ3n) is 3.30. The molecule has 0 bridgehead atoms. The highest BCUT2D eigenvalue weighted by Crippen LogP contribution is 2.39. The van der Waals surface area contributed by atoms with E-state index in [1.807, 2.05) is 23.1 Å². The van der Waals surface area contributed by atoms with Gasteiger partial charge in [-0.05, 0) is 18.4 Å². The summed E-state index contributed by atoms with van der Waals surface area (Å²) in [5.41, 5.74) is 1.22. The maximum atomic E-state index is 11.5. The van der Waals surface area contributed by atoms with Crippen molar-refractivity contribution in [3.8, 4) is 0 Å². The molecule has 0 aliphatic carbocycles. The number of hydrogen-bond acceptors (Lipinski definition) is 2. The van der Waals surface area contributed by atoms with Crippen LogP contribution in [-0.4, -0.2) is 23.6 Å². The number of fused-ring (bicyclic) bond motifs is 1. The van der Waals surface area contributed by atoms with Gasteiger partial charge in [-0.25, -0.2) is 4.79 Å². The molecule has 0 N–H and O–H groups in total. The van der Waals surface area contributed by atoms with E-state index in [-0.39, 0.29) is 12.1 Å². The first kappa shape index (κ1) is 8.77. The van der Waals surface area contributed by atoms with Gasteiger partial charge >= 0.3 is 6.09 Å². The summed E-state index contributed by atoms with van der Waals surface area (Å²) in [6.07, 6.45) is 1.97. The monoisotopic (exact) mass is 203 g/mol. The Kier molecular flexibility index (Phi) is 1.91. The molecule has 3 heteroatoms. The van der Waals surface area contributed by atoms with Crippen LogP contribution in [0.2, 0.25) is 0 Å². The summed E-state index contributed by atoms with van der Waals surface area (Å²) in [5.74, 6) is 0. The van der Waals surface area contributed by atoms with E-state index in [1.165, 1.54) is 5.56 Å². The lowest BCUT2D eigenvalue weighted by Gasteiger charge is -2.21. The van der Waals surface area contributed by atoms with Gasteiger partial charge in [0.1, 0.15) is 6.61 Å². The minimum Gasteiger partial charge on any atom is -0.447 e. The fourth-order valence-corrected chi connectivity index (χ4v) is 2.57. The number of carbonyl (C=O) groups excluding carboxylic acids is 1. The summed E-state index contributed by atoms with van der Waals surface area (Å²) in [7, 11) is 0. The Morgan fingerprint density at radius 1 is 1.20 bits per heavy atom. The van der Waals surface area contributed by atoms with Crippen LogP contribution in [0.1, 0.15) is 24.4 Å². The van der Waals surface area contributed by atoms with E-state index in [4.69, 9.17) is 4.74 Å². The predicted octanol–water partition coefficient (Wildman–Crippen LogP) is 2.34. The molecule has 0 radical (unpaired) electrons. The molecule has 2 aliphatic rings. The zero-order valence-corrected chi connectivity index (χ0v) is 8.43. The molecule has 2 atom stereocenters. The summed E-state index contributed by atoms with van der Waals surface area (Å²) < 4.78 is 5.06. The number of rotatable bonds is 1. The smallest absolute Gasteiger partial charge is 0.410 e. The largest absolute Gasteiger partial charge is 0.447 e. The average molecular weight is 203 g/mol. The van der Waals surface area contributed by atoms with Crippen LogP contribution in [0.3, 0.4) is 0 Å². The predicted molar refractivity (Wildman–Crippen MR) is 55.4 cm³/mol. The van der Waals surface area contributed by atoms with E-state index in [2.05, 4.69) is 12.1 Å². The highest BCUT2D eigenvalue weighted by Gasteiger charge is 2.43. The van der Waals surface area contributed by atoms with Crippen LogP contribution in [0, 0.1) is 0 Å². The lowest BCUT2D eigenvalue weighted by molar-refractivity contribution is 0.149. The molecule has 3 nitrogen and oxygen atoms in total. The first-order valence-corrected chi connectivity index (χ1v) is 5.36. The molecule has 78 valence electrons. The molecule has 1 aromatic rings.